The maximum Gasteiger partial charge on any atom is 0.244 e. The molecular weight excluding hydrogens is 234 g/mol. The Morgan fingerprint density at radius 1 is 1.37 bits per heavy atom. The number of amides is 1. The van der Waals surface area contributed by atoms with Gasteiger partial charge in [0.1, 0.15) is 0 Å². The van der Waals surface area contributed by atoms with E-state index in [0.29, 0.717) is 5.92 Å². The summed E-state index contributed by atoms with van der Waals surface area (Å²) in [6, 6.07) is 10.6. The summed E-state index contributed by atoms with van der Waals surface area (Å²) in [5, 5.41) is 3.05. The maximum absolute atomic E-state index is 11.8. The highest BCUT2D eigenvalue weighted by Gasteiger charge is 2.23. The Bertz CT molecular complexity index is 446. The molecule has 0 unspecified atom stereocenters. The van der Waals surface area contributed by atoms with Crippen molar-refractivity contribution in [1.82, 2.24) is 5.32 Å². The lowest BCUT2D eigenvalue weighted by atomic mass is 10.1. The smallest absolute Gasteiger partial charge is 0.244 e. The molecule has 1 aromatic rings. The van der Waals surface area contributed by atoms with Crippen molar-refractivity contribution in [3.8, 4) is 0 Å². The van der Waals surface area contributed by atoms with Crippen LogP contribution < -0.4 is 5.32 Å². The topological polar surface area (TPSA) is 29.1 Å². The van der Waals surface area contributed by atoms with Gasteiger partial charge in [-0.25, -0.2) is 0 Å². The monoisotopic (exact) mass is 257 g/mol. The molecule has 0 saturated heterocycles. The van der Waals surface area contributed by atoms with Crippen LogP contribution in [0.25, 0.3) is 0 Å². The third kappa shape index (κ3) is 4.90. The minimum absolute atomic E-state index is 0.0601. The molecule has 1 amide bonds. The third-order valence-electron chi connectivity index (χ3n) is 3.68. The molecule has 1 N–H and O–H groups in total. The molecule has 1 saturated carbocycles. The molecule has 0 bridgehead atoms. The summed E-state index contributed by atoms with van der Waals surface area (Å²) in [6.07, 6.45) is 6.26. The second-order valence-corrected chi connectivity index (χ2v) is 5.60. The van der Waals surface area contributed by atoms with Crippen LogP contribution in [0.2, 0.25) is 0 Å². The Morgan fingerprint density at radius 2 is 2.05 bits per heavy atom. The van der Waals surface area contributed by atoms with Crippen LogP contribution in [0.1, 0.15) is 38.7 Å². The maximum atomic E-state index is 11.8. The van der Waals surface area contributed by atoms with E-state index in [1.165, 1.54) is 24.0 Å². The predicted molar refractivity (Wildman–Crippen MR) is 78.8 cm³/mol. The van der Waals surface area contributed by atoms with Gasteiger partial charge in [0.15, 0.2) is 0 Å². The van der Waals surface area contributed by atoms with Crippen LogP contribution >= 0.6 is 0 Å². The Labute approximate surface area is 115 Å². The van der Waals surface area contributed by atoms with Gasteiger partial charge in [-0.15, -0.1) is 0 Å². The van der Waals surface area contributed by atoms with E-state index < -0.39 is 0 Å². The van der Waals surface area contributed by atoms with Crippen molar-refractivity contribution in [1.29, 1.82) is 0 Å². The van der Waals surface area contributed by atoms with Gasteiger partial charge in [-0.05, 0) is 51.0 Å². The lowest BCUT2D eigenvalue weighted by molar-refractivity contribution is -0.117. The first-order valence-electron chi connectivity index (χ1n) is 7.18. The zero-order valence-corrected chi connectivity index (χ0v) is 11.9. The van der Waals surface area contributed by atoms with Gasteiger partial charge in [0.05, 0.1) is 0 Å². The largest absolute Gasteiger partial charge is 0.350 e. The molecule has 0 spiro atoms. The molecular formula is C17H23NO. The van der Waals surface area contributed by atoms with Gasteiger partial charge in [-0.2, -0.15) is 0 Å². The average Bonchev–Trinajstić information content (AvgIpc) is 3.21. The fourth-order valence-corrected chi connectivity index (χ4v) is 2.25. The number of allylic oxidation sites excluding steroid dienone is 1. The fourth-order valence-electron chi connectivity index (χ4n) is 2.25. The molecule has 1 fully saturated rings. The first-order valence-corrected chi connectivity index (χ1v) is 7.18. The van der Waals surface area contributed by atoms with Crippen LogP contribution in [-0.4, -0.2) is 11.9 Å². The van der Waals surface area contributed by atoms with Gasteiger partial charge >= 0.3 is 0 Å². The number of carbonyl (C=O) groups excluding carboxylic acids is 1. The van der Waals surface area contributed by atoms with E-state index in [-0.39, 0.29) is 11.9 Å². The highest BCUT2D eigenvalue weighted by molar-refractivity contribution is 5.88. The number of hydrogen-bond acceptors (Lipinski definition) is 1. The minimum atomic E-state index is 0.0601. The van der Waals surface area contributed by atoms with Crippen LogP contribution in [0.15, 0.2) is 42.0 Å². The van der Waals surface area contributed by atoms with E-state index in [9.17, 15) is 4.79 Å². The summed E-state index contributed by atoms with van der Waals surface area (Å²) in [5.74, 6) is 0.732. The second kappa shape index (κ2) is 6.55. The van der Waals surface area contributed by atoms with Crippen molar-refractivity contribution in [2.75, 3.05) is 0 Å². The Balaban J connectivity index is 1.73. The van der Waals surface area contributed by atoms with Crippen LogP contribution in [-0.2, 0) is 11.2 Å². The standard InChI is InChI=1S/C17H23NO/c1-13(16-10-11-16)12-17(19)18-14(2)8-9-15-6-4-3-5-7-15/h3-7,12,14,16H,8-11H2,1-2H3,(H,18,19)/b13-12-/t14-/m0/s1. The highest BCUT2D eigenvalue weighted by atomic mass is 16.1. The summed E-state index contributed by atoms with van der Waals surface area (Å²) in [5.41, 5.74) is 2.56. The first kappa shape index (κ1) is 13.9. The molecule has 1 aliphatic carbocycles. The summed E-state index contributed by atoms with van der Waals surface area (Å²) in [7, 11) is 0. The van der Waals surface area contributed by atoms with Crippen molar-refractivity contribution in [3.05, 3.63) is 47.5 Å². The van der Waals surface area contributed by atoms with Gasteiger partial charge in [0, 0.05) is 12.1 Å². The fraction of sp³-hybridized carbons (Fsp3) is 0.471. The van der Waals surface area contributed by atoms with Crippen molar-refractivity contribution < 1.29 is 4.79 Å². The summed E-state index contributed by atoms with van der Waals surface area (Å²) in [4.78, 5) is 11.8. The highest BCUT2D eigenvalue weighted by Crippen LogP contribution is 2.35. The Morgan fingerprint density at radius 3 is 2.68 bits per heavy atom. The molecule has 1 aliphatic rings. The summed E-state index contributed by atoms with van der Waals surface area (Å²) in [6.45, 7) is 4.13. The zero-order valence-electron chi connectivity index (χ0n) is 11.9. The summed E-state index contributed by atoms with van der Waals surface area (Å²) >= 11 is 0. The van der Waals surface area contributed by atoms with Gasteiger partial charge in [-0.1, -0.05) is 35.9 Å². The number of hydrogen-bond donors (Lipinski definition) is 1. The molecule has 2 heteroatoms. The molecule has 102 valence electrons. The Hall–Kier alpha value is -1.57. The molecule has 1 atom stereocenters. The molecule has 0 aromatic heterocycles. The Kier molecular flexibility index (Phi) is 4.78. The molecule has 2 nitrogen and oxygen atoms in total. The average molecular weight is 257 g/mol. The van der Waals surface area contributed by atoms with E-state index in [1.54, 1.807) is 6.08 Å². The molecule has 19 heavy (non-hydrogen) atoms. The second-order valence-electron chi connectivity index (χ2n) is 5.60. The van der Waals surface area contributed by atoms with E-state index in [0.717, 1.165) is 12.8 Å². The van der Waals surface area contributed by atoms with Gasteiger partial charge in [0.2, 0.25) is 5.91 Å². The van der Waals surface area contributed by atoms with Gasteiger partial charge < -0.3 is 5.32 Å². The first-order chi connectivity index (χ1) is 9.15. The number of benzene rings is 1. The summed E-state index contributed by atoms with van der Waals surface area (Å²) < 4.78 is 0. The SMILES string of the molecule is C/C(=C/C(=O)N[C@@H](C)CCc1ccccc1)C1CC1. The molecule has 0 radical (unpaired) electrons. The third-order valence-corrected chi connectivity index (χ3v) is 3.68. The molecule has 1 aromatic carbocycles. The van der Waals surface area contributed by atoms with Crippen LogP contribution in [0, 0.1) is 5.92 Å². The quantitative estimate of drug-likeness (QED) is 0.777. The van der Waals surface area contributed by atoms with E-state index in [1.807, 2.05) is 6.07 Å². The van der Waals surface area contributed by atoms with E-state index >= 15 is 0 Å². The van der Waals surface area contributed by atoms with Gasteiger partial charge in [-0.3, -0.25) is 4.79 Å². The van der Waals surface area contributed by atoms with Crippen LogP contribution in [0.4, 0.5) is 0 Å². The molecule has 2 rings (SSSR count). The minimum Gasteiger partial charge on any atom is -0.350 e. The number of rotatable bonds is 6. The lowest BCUT2D eigenvalue weighted by Gasteiger charge is -2.12. The predicted octanol–water partition coefficient (Wildman–Crippen LogP) is 3.48. The van der Waals surface area contributed by atoms with Crippen molar-refractivity contribution in [2.45, 2.75) is 45.6 Å². The van der Waals surface area contributed by atoms with Crippen LogP contribution in [0.5, 0.6) is 0 Å². The number of aryl methyl sites for hydroxylation is 1. The number of carbonyl (C=O) groups is 1. The van der Waals surface area contributed by atoms with Crippen molar-refractivity contribution in [2.24, 2.45) is 5.92 Å². The van der Waals surface area contributed by atoms with Gasteiger partial charge in [0.25, 0.3) is 0 Å². The molecule has 0 heterocycles. The van der Waals surface area contributed by atoms with E-state index in [4.69, 9.17) is 0 Å². The van der Waals surface area contributed by atoms with E-state index in [2.05, 4.69) is 43.4 Å². The van der Waals surface area contributed by atoms with Crippen LogP contribution in [0.3, 0.4) is 0 Å². The molecule has 0 aliphatic heterocycles. The zero-order chi connectivity index (χ0) is 13.7. The number of nitrogens with one attached hydrogen (secondary N) is 1. The normalized spacial score (nSPS) is 17.1. The lowest BCUT2D eigenvalue weighted by Crippen LogP contribution is -2.31. The van der Waals surface area contributed by atoms with Crippen molar-refractivity contribution >= 4 is 5.91 Å². The van der Waals surface area contributed by atoms with Crippen molar-refractivity contribution in [3.63, 3.8) is 0 Å².